The van der Waals surface area contributed by atoms with E-state index in [1.165, 1.54) is 25.1 Å². The van der Waals surface area contributed by atoms with Crippen LogP contribution in [0.15, 0.2) is 46.8 Å². The van der Waals surface area contributed by atoms with E-state index in [1.54, 1.807) is 0 Å². The molecule has 1 aromatic carbocycles. The van der Waals surface area contributed by atoms with E-state index in [0.29, 0.717) is 12.2 Å². The summed E-state index contributed by atoms with van der Waals surface area (Å²) in [5.41, 5.74) is -0.314. The Morgan fingerprint density at radius 1 is 1.32 bits per heavy atom. The van der Waals surface area contributed by atoms with E-state index >= 15 is 0 Å². The molecule has 0 unspecified atom stereocenters. The Kier molecular flexibility index (Phi) is 5.64. The number of aryl methyl sites for hydroxylation is 1. The Balaban J connectivity index is 1.89. The van der Waals surface area contributed by atoms with E-state index in [1.807, 2.05) is 6.08 Å². The van der Waals surface area contributed by atoms with Crippen molar-refractivity contribution in [2.45, 2.75) is 19.5 Å². The molecule has 1 aliphatic rings. The van der Waals surface area contributed by atoms with Crippen LogP contribution < -0.4 is 16.1 Å². The maximum atomic E-state index is 13.0. The van der Waals surface area contributed by atoms with E-state index in [2.05, 4.69) is 15.7 Å². The highest BCUT2D eigenvalue weighted by Crippen LogP contribution is 2.30. The number of alkyl halides is 3. The lowest BCUT2D eigenvalue weighted by Crippen LogP contribution is -2.34. The summed E-state index contributed by atoms with van der Waals surface area (Å²) < 4.78 is 40.1. The number of nitrogens with zero attached hydrogens (tertiary/aromatic N) is 2. The highest BCUT2D eigenvalue weighted by atomic mass is 19.4. The van der Waals surface area contributed by atoms with Gasteiger partial charge in [0.05, 0.1) is 11.3 Å². The molecule has 0 fully saturated rings. The summed E-state index contributed by atoms with van der Waals surface area (Å²) in [6.45, 7) is 3.36. The largest absolute Gasteiger partial charge is 0.416 e. The maximum absolute atomic E-state index is 13.0. The SMILES string of the molecule is Cc1cc(=O)c(C(=O)NCC2=CCNCC2)nn1-c1cccc(C(F)(F)F)c1. The van der Waals surface area contributed by atoms with Gasteiger partial charge in [0.15, 0.2) is 5.69 Å². The first-order valence-corrected chi connectivity index (χ1v) is 8.71. The fraction of sp³-hybridized carbons (Fsp3) is 0.316. The molecular weight excluding hydrogens is 373 g/mol. The smallest absolute Gasteiger partial charge is 0.347 e. The molecule has 2 heterocycles. The van der Waals surface area contributed by atoms with Crippen LogP contribution in [0.2, 0.25) is 0 Å². The zero-order valence-electron chi connectivity index (χ0n) is 15.1. The van der Waals surface area contributed by atoms with Crippen molar-refractivity contribution in [2.24, 2.45) is 0 Å². The minimum absolute atomic E-state index is 0.113. The van der Waals surface area contributed by atoms with Crippen LogP contribution in [0.1, 0.15) is 28.2 Å². The van der Waals surface area contributed by atoms with Crippen LogP contribution in [-0.4, -0.2) is 35.3 Å². The second-order valence-corrected chi connectivity index (χ2v) is 6.46. The van der Waals surface area contributed by atoms with Crippen LogP contribution >= 0.6 is 0 Å². The summed E-state index contributed by atoms with van der Waals surface area (Å²) in [4.78, 5) is 24.6. The Morgan fingerprint density at radius 3 is 2.79 bits per heavy atom. The van der Waals surface area contributed by atoms with Crippen LogP contribution in [-0.2, 0) is 6.18 Å². The Bertz CT molecular complexity index is 980. The molecule has 0 atom stereocenters. The average Bonchev–Trinajstić information content (AvgIpc) is 2.66. The molecule has 0 saturated carbocycles. The first-order valence-electron chi connectivity index (χ1n) is 8.71. The molecule has 1 aliphatic heterocycles. The molecule has 3 rings (SSSR count). The van der Waals surface area contributed by atoms with Crippen LogP contribution in [0, 0.1) is 6.92 Å². The molecule has 0 bridgehead atoms. The number of halogens is 3. The molecule has 0 radical (unpaired) electrons. The van der Waals surface area contributed by atoms with E-state index in [9.17, 15) is 22.8 Å². The number of aromatic nitrogens is 2. The van der Waals surface area contributed by atoms with Crippen LogP contribution in [0.3, 0.4) is 0 Å². The fourth-order valence-electron chi connectivity index (χ4n) is 2.89. The zero-order chi connectivity index (χ0) is 20.3. The number of hydrogen-bond donors (Lipinski definition) is 2. The molecule has 9 heteroatoms. The van der Waals surface area contributed by atoms with Crippen molar-refractivity contribution in [3.63, 3.8) is 0 Å². The Morgan fingerprint density at radius 2 is 2.11 bits per heavy atom. The van der Waals surface area contributed by atoms with Gasteiger partial charge < -0.3 is 10.6 Å². The summed E-state index contributed by atoms with van der Waals surface area (Å²) in [7, 11) is 0. The minimum Gasteiger partial charge on any atom is -0.347 e. The first-order chi connectivity index (χ1) is 13.3. The Hall–Kier alpha value is -2.94. The molecule has 2 aromatic rings. The van der Waals surface area contributed by atoms with Crippen molar-refractivity contribution < 1.29 is 18.0 Å². The van der Waals surface area contributed by atoms with Crippen LogP contribution in [0.25, 0.3) is 5.69 Å². The maximum Gasteiger partial charge on any atom is 0.416 e. The predicted octanol–water partition coefficient (Wildman–Crippen LogP) is 2.21. The van der Waals surface area contributed by atoms with Gasteiger partial charge in [0.25, 0.3) is 5.91 Å². The summed E-state index contributed by atoms with van der Waals surface area (Å²) in [6, 6.07) is 5.74. The lowest BCUT2D eigenvalue weighted by molar-refractivity contribution is -0.137. The fourth-order valence-corrected chi connectivity index (χ4v) is 2.89. The van der Waals surface area contributed by atoms with Gasteiger partial charge in [0, 0.05) is 24.8 Å². The van der Waals surface area contributed by atoms with Gasteiger partial charge in [-0.3, -0.25) is 9.59 Å². The van der Waals surface area contributed by atoms with Crippen molar-refractivity contribution in [1.29, 1.82) is 0 Å². The zero-order valence-corrected chi connectivity index (χ0v) is 15.1. The summed E-state index contributed by atoms with van der Waals surface area (Å²) in [6.07, 6.45) is -1.75. The number of amides is 1. The summed E-state index contributed by atoms with van der Waals surface area (Å²) in [5, 5.41) is 9.83. The summed E-state index contributed by atoms with van der Waals surface area (Å²) in [5.74, 6) is -0.662. The van der Waals surface area contributed by atoms with Gasteiger partial charge in [0.1, 0.15) is 0 Å². The van der Waals surface area contributed by atoms with Gasteiger partial charge in [-0.1, -0.05) is 17.7 Å². The second kappa shape index (κ2) is 7.97. The molecule has 6 nitrogen and oxygen atoms in total. The molecule has 2 N–H and O–H groups in total. The van der Waals surface area contributed by atoms with Crippen molar-refractivity contribution >= 4 is 5.91 Å². The van der Waals surface area contributed by atoms with Crippen LogP contribution in [0.4, 0.5) is 13.2 Å². The molecule has 1 amide bonds. The average molecular weight is 392 g/mol. The van der Waals surface area contributed by atoms with Gasteiger partial charge in [-0.2, -0.15) is 18.3 Å². The number of carbonyl (C=O) groups is 1. The van der Waals surface area contributed by atoms with Crippen LogP contribution in [0.5, 0.6) is 0 Å². The minimum atomic E-state index is -4.51. The number of nitrogens with one attached hydrogen (secondary N) is 2. The number of carbonyl (C=O) groups excluding carboxylic acids is 1. The van der Waals surface area contributed by atoms with Crippen molar-refractivity contribution in [1.82, 2.24) is 20.4 Å². The lowest BCUT2D eigenvalue weighted by atomic mass is 10.1. The van der Waals surface area contributed by atoms with Crippen molar-refractivity contribution in [3.8, 4) is 5.69 Å². The first kappa shape index (κ1) is 19.8. The van der Waals surface area contributed by atoms with Gasteiger partial charge in [-0.05, 0) is 38.1 Å². The third-order valence-electron chi connectivity index (χ3n) is 4.37. The molecule has 0 spiro atoms. The van der Waals surface area contributed by atoms with Crippen molar-refractivity contribution in [2.75, 3.05) is 19.6 Å². The molecule has 148 valence electrons. The topological polar surface area (TPSA) is 76.0 Å². The molecule has 1 aromatic heterocycles. The quantitative estimate of drug-likeness (QED) is 0.783. The number of hydrogen-bond acceptors (Lipinski definition) is 4. The normalized spacial score (nSPS) is 14.5. The van der Waals surface area contributed by atoms with E-state index in [-0.39, 0.29) is 11.4 Å². The number of rotatable bonds is 4. The van der Waals surface area contributed by atoms with E-state index < -0.39 is 23.1 Å². The van der Waals surface area contributed by atoms with E-state index in [0.717, 1.165) is 41.9 Å². The highest BCUT2D eigenvalue weighted by molar-refractivity contribution is 5.92. The summed E-state index contributed by atoms with van der Waals surface area (Å²) >= 11 is 0. The Labute approximate surface area is 159 Å². The predicted molar refractivity (Wildman–Crippen MR) is 97.5 cm³/mol. The molecule has 28 heavy (non-hydrogen) atoms. The molecular formula is C19H19F3N4O2. The molecule has 0 aliphatic carbocycles. The third kappa shape index (κ3) is 4.48. The monoisotopic (exact) mass is 392 g/mol. The van der Waals surface area contributed by atoms with Gasteiger partial charge >= 0.3 is 6.18 Å². The van der Waals surface area contributed by atoms with Gasteiger partial charge in [-0.15, -0.1) is 0 Å². The van der Waals surface area contributed by atoms with Crippen molar-refractivity contribution in [3.05, 3.63) is 69.2 Å². The van der Waals surface area contributed by atoms with Gasteiger partial charge in [-0.25, -0.2) is 4.68 Å². The lowest BCUT2D eigenvalue weighted by Gasteiger charge is -2.15. The van der Waals surface area contributed by atoms with E-state index in [4.69, 9.17) is 0 Å². The number of benzene rings is 1. The highest BCUT2D eigenvalue weighted by Gasteiger charge is 2.30. The second-order valence-electron chi connectivity index (χ2n) is 6.46. The van der Waals surface area contributed by atoms with Gasteiger partial charge in [0.2, 0.25) is 5.43 Å². The molecule has 0 saturated heterocycles. The third-order valence-corrected chi connectivity index (χ3v) is 4.37. The standard InChI is InChI=1S/C19H19F3N4O2/c1-12-9-16(27)17(18(28)24-11-13-5-7-23-8-6-13)25-26(12)15-4-2-3-14(10-15)19(20,21)22/h2-5,9-10,23H,6-8,11H2,1H3,(H,24,28).